The number of hydrogen-bond donors (Lipinski definition) is 2. The van der Waals surface area contributed by atoms with Gasteiger partial charge >= 0.3 is 0 Å². The summed E-state index contributed by atoms with van der Waals surface area (Å²) in [6.07, 6.45) is 0.378. The van der Waals surface area contributed by atoms with E-state index in [2.05, 4.69) is 10.6 Å². The maximum absolute atomic E-state index is 11.9. The number of benzene rings is 2. The van der Waals surface area contributed by atoms with E-state index in [4.69, 9.17) is 27.9 Å². The van der Waals surface area contributed by atoms with Crippen molar-refractivity contribution >= 4 is 40.7 Å². The molecule has 5 nitrogen and oxygen atoms in total. The van der Waals surface area contributed by atoms with Crippen LogP contribution in [-0.4, -0.2) is 25.5 Å². The Bertz CT molecular complexity index is 748. The summed E-state index contributed by atoms with van der Waals surface area (Å²) in [4.78, 5) is 23.7. The smallest absolute Gasteiger partial charge is 0.233 e. The number of rotatable bonds is 7. The molecule has 0 saturated carbocycles. The third-order valence-corrected chi connectivity index (χ3v) is 3.98. The van der Waals surface area contributed by atoms with Crippen molar-refractivity contribution in [1.82, 2.24) is 5.32 Å². The van der Waals surface area contributed by atoms with Gasteiger partial charge in [0.15, 0.2) is 0 Å². The quantitative estimate of drug-likeness (QED) is 0.719. The lowest BCUT2D eigenvalue weighted by atomic mass is 10.1. The van der Waals surface area contributed by atoms with Crippen LogP contribution in [-0.2, 0) is 16.0 Å². The Morgan fingerprint density at radius 3 is 2.44 bits per heavy atom. The monoisotopic (exact) mass is 380 g/mol. The molecule has 7 heteroatoms. The number of anilines is 1. The van der Waals surface area contributed by atoms with Crippen LogP contribution < -0.4 is 15.4 Å². The van der Waals surface area contributed by atoms with Crippen molar-refractivity contribution < 1.29 is 14.3 Å². The molecule has 0 heterocycles. The fourth-order valence-corrected chi connectivity index (χ4v) is 2.47. The maximum atomic E-state index is 11.9. The number of nitrogens with one attached hydrogen (secondary N) is 2. The molecule has 0 aliphatic rings. The summed E-state index contributed by atoms with van der Waals surface area (Å²) in [6.45, 7) is 0.441. The normalized spacial score (nSPS) is 10.2. The number of amides is 2. The van der Waals surface area contributed by atoms with E-state index in [0.717, 1.165) is 11.3 Å². The number of halogens is 2. The van der Waals surface area contributed by atoms with E-state index in [1.807, 2.05) is 24.3 Å². The second-order valence-electron chi connectivity index (χ2n) is 5.30. The minimum atomic E-state index is -0.453. The van der Waals surface area contributed by atoms with Crippen LogP contribution in [0.2, 0.25) is 10.0 Å². The average molecular weight is 381 g/mol. The lowest BCUT2D eigenvalue weighted by Crippen LogP contribution is -2.29. The number of hydrogen-bond acceptors (Lipinski definition) is 3. The van der Waals surface area contributed by atoms with Crippen LogP contribution in [0.5, 0.6) is 5.75 Å². The maximum Gasteiger partial charge on any atom is 0.233 e. The van der Waals surface area contributed by atoms with Gasteiger partial charge in [0.25, 0.3) is 0 Å². The summed E-state index contributed by atoms with van der Waals surface area (Å²) < 4.78 is 5.09. The molecule has 0 saturated heterocycles. The molecule has 0 aliphatic heterocycles. The molecule has 2 N–H and O–H groups in total. The van der Waals surface area contributed by atoms with Crippen LogP contribution in [0.4, 0.5) is 5.69 Å². The summed E-state index contributed by atoms with van der Waals surface area (Å²) >= 11 is 11.8. The Kier molecular flexibility index (Phi) is 7.10. The SMILES string of the molecule is COc1ccc(CCNC(=O)CC(=O)Nc2cc(Cl)ccc2Cl)cc1. The minimum absolute atomic E-state index is 0.286. The van der Waals surface area contributed by atoms with Crippen LogP contribution in [0, 0.1) is 0 Å². The first-order valence-corrected chi connectivity index (χ1v) is 8.38. The predicted molar refractivity (Wildman–Crippen MR) is 99.4 cm³/mol. The van der Waals surface area contributed by atoms with Gasteiger partial charge in [-0.3, -0.25) is 9.59 Å². The number of ether oxygens (including phenoxy) is 1. The summed E-state index contributed by atoms with van der Waals surface area (Å²) in [5, 5.41) is 6.09. The molecule has 0 bridgehead atoms. The van der Waals surface area contributed by atoms with Gasteiger partial charge in [0.1, 0.15) is 12.2 Å². The van der Waals surface area contributed by atoms with Crippen molar-refractivity contribution in [1.29, 1.82) is 0 Å². The van der Waals surface area contributed by atoms with Gasteiger partial charge in [-0.25, -0.2) is 0 Å². The van der Waals surface area contributed by atoms with Crippen LogP contribution in [0.1, 0.15) is 12.0 Å². The van der Waals surface area contributed by atoms with Crippen molar-refractivity contribution in [2.75, 3.05) is 19.0 Å². The van der Waals surface area contributed by atoms with Crippen molar-refractivity contribution in [3.05, 3.63) is 58.1 Å². The third kappa shape index (κ3) is 6.29. The van der Waals surface area contributed by atoms with E-state index >= 15 is 0 Å². The van der Waals surface area contributed by atoms with Crippen molar-refractivity contribution in [3.8, 4) is 5.75 Å². The lowest BCUT2D eigenvalue weighted by Gasteiger charge is -2.08. The van der Waals surface area contributed by atoms with Gasteiger partial charge in [-0.2, -0.15) is 0 Å². The van der Waals surface area contributed by atoms with Gasteiger partial charge in [-0.05, 0) is 42.3 Å². The first-order chi connectivity index (χ1) is 12.0. The topological polar surface area (TPSA) is 67.4 Å². The first-order valence-electron chi connectivity index (χ1n) is 7.62. The molecule has 0 atom stereocenters. The Morgan fingerprint density at radius 2 is 1.76 bits per heavy atom. The van der Waals surface area contributed by atoms with Gasteiger partial charge in [-0.15, -0.1) is 0 Å². The molecule has 0 aromatic heterocycles. The molecule has 0 radical (unpaired) electrons. The summed E-state index contributed by atoms with van der Waals surface area (Å²) in [7, 11) is 1.61. The second-order valence-corrected chi connectivity index (χ2v) is 6.14. The lowest BCUT2D eigenvalue weighted by molar-refractivity contribution is -0.126. The molecular weight excluding hydrogens is 363 g/mol. The molecule has 0 spiro atoms. The van der Waals surface area contributed by atoms with Crippen LogP contribution in [0.25, 0.3) is 0 Å². The van der Waals surface area contributed by atoms with Gasteiger partial charge < -0.3 is 15.4 Å². The van der Waals surface area contributed by atoms with Crippen LogP contribution in [0.15, 0.2) is 42.5 Å². The molecule has 0 unspecified atom stereocenters. The highest BCUT2D eigenvalue weighted by molar-refractivity contribution is 6.35. The highest BCUT2D eigenvalue weighted by Crippen LogP contribution is 2.25. The predicted octanol–water partition coefficient (Wildman–Crippen LogP) is 3.69. The third-order valence-electron chi connectivity index (χ3n) is 3.42. The van der Waals surface area contributed by atoms with Crippen LogP contribution >= 0.6 is 23.2 Å². The standard InChI is InChI=1S/C18H18Cl2N2O3/c1-25-14-5-2-12(3-6-14)8-9-21-17(23)11-18(24)22-16-10-13(19)4-7-15(16)20/h2-7,10H,8-9,11H2,1H3,(H,21,23)(H,22,24). The summed E-state index contributed by atoms with van der Waals surface area (Å²) in [5.74, 6) is -0.0283. The Labute approximate surface area is 156 Å². The Hall–Kier alpha value is -2.24. The number of methoxy groups -OCH3 is 1. The largest absolute Gasteiger partial charge is 0.497 e. The summed E-state index contributed by atoms with van der Waals surface area (Å²) in [6, 6.07) is 12.3. The van der Waals surface area contributed by atoms with Gasteiger partial charge in [0.2, 0.25) is 11.8 Å². The molecule has 2 amide bonds. The molecular formula is C18H18Cl2N2O3. The zero-order valence-corrected chi connectivity index (χ0v) is 15.2. The minimum Gasteiger partial charge on any atom is -0.497 e. The first kappa shape index (κ1) is 19.1. The average Bonchev–Trinajstić information content (AvgIpc) is 2.58. The molecule has 132 valence electrons. The van der Waals surface area contributed by atoms with E-state index < -0.39 is 5.91 Å². The molecule has 0 aliphatic carbocycles. The fourth-order valence-electron chi connectivity index (χ4n) is 2.13. The van der Waals surface area contributed by atoms with Gasteiger partial charge in [0, 0.05) is 11.6 Å². The van der Waals surface area contributed by atoms with Crippen molar-refractivity contribution in [3.63, 3.8) is 0 Å². The van der Waals surface area contributed by atoms with Gasteiger partial charge in [0.05, 0.1) is 17.8 Å². The number of carbonyl (C=O) groups excluding carboxylic acids is 2. The molecule has 2 rings (SSSR count). The Balaban J connectivity index is 1.75. The van der Waals surface area contributed by atoms with Crippen molar-refractivity contribution in [2.24, 2.45) is 0 Å². The Morgan fingerprint density at radius 1 is 1.04 bits per heavy atom. The van der Waals surface area contributed by atoms with E-state index in [-0.39, 0.29) is 12.3 Å². The highest BCUT2D eigenvalue weighted by Gasteiger charge is 2.11. The van der Waals surface area contributed by atoms with E-state index in [0.29, 0.717) is 28.7 Å². The van der Waals surface area contributed by atoms with E-state index in [1.165, 1.54) is 6.07 Å². The van der Waals surface area contributed by atoms with E-state index in [9.17, 15) is 9.59 Å². The van der Waals surface area contributed by atoms with E-state index in [1.54, 1.807) is 19.2 Å². The molecule has 25 heavy (non-hydrogen) atoms. The fraction of sp³-hybridized carbons (Fsp3) is 0.222. The summed E-state index contributed by atoms with van der Waals surface area (Å²) in [5.41, 5.74) is 1.45. The molecule has 0 fully saturated rings. The van der Waals surface area contributed by atoms with Crippen LogP contribution in [0.3, 0.4) is 0 Å². The zero-order chi connectivity index (χ0) is 18.2. The zero-order valence-electron chi connectivity index (χ0n) is 13.6. The van der Waals surface area contributed by atoms with Gasteiger partial charge in [-0.1, -0.05) is 35.3 Å². The van der Waals surface area contributed by atoms with Crippen molar-refractivity contribution in [2.45, 2.75) is 12.8 Å². The number of carbonyl (C=O) groups is 2. The molecule has 2 aromatic rings. The second kappa shape index (κ2) is 9.30. The molecule has 2 aromatic carbocycles. The highest BCUT2D eigenvalue weighted by atomic mass is 35.5.